The second kappa shape index (κ2) is 46.2. The van der Waals surface area contributed by atoms with Crippen molar-refractivity contribution in [1.29, 1.82) is 0 Å². The SMILES string of the molecule is CCN(C(C)C)C(C)C.COCCOc1nc(N)c2[nH]c(=O)n(Cc3cccc(CP(=O)(O)OCOC(=O)C(C)(C)C)c3)c2n1.COCCOc1nc(N)c2[nH]c(=O)n(Cc3cccc(CP(=O)(O)OCOC(=O)C(C)(C)C)c3)c2n1.COCCOc1nc(N)c2[nH]c(=O)n(Cc3cccc(CP(=O)(OCOC(=O)C(C)(C)C)OCOC(=O)C(C)(C)C)c3)c2n1. The molecule has 0 fully saturated rings. The van der Waals surface area contributed by atoms with Crippen molar-refractivity contribution in [3.8, 4) is 18.0 Å². The molecule has 6 aromatic heterocycles. The molecule has 690 valence electrons. The molecule has 6 heterocycles. The molecule has 0 saturated carbocycles. The van der Waals surface area contributed by atoms with Gasteiger partial charge in [0, 0.05) is 33.4 Å². The number of nitrogens with one attached hydrogen (secondary N) is 3. The predicted molar refractivity (Wildman–Crippen MR) is 463 cm³/mol. The number of imidazole rings is 3. The molecule has 0 bridgehead atoms. The number of ether oxygens (including phenoxy) is 10. The van der Waals surface area contributed by atoms with E-state index in [0.717, 1.165) is 6.54 Å². The van der Waals surface area contributed by atoms with Gasteiger partial charge in [0.05, 0.1) is 79.6 Å². The molecule has 9 aromatic rings. The van der Waals surface area contributed by atoms with Gasteiger partial charge in [-0.1, -0.05) is 79.7 Å². The van der Waals surface area contributed by atoms with Gasteiger partial charge in [-0.2, -0.15) is 29.9 Å². The molecule has 0 aliphatic heterocycles. The van der Waals surface area contributed by atoms with Crippen molar-refractivity contribution in [3.63, 3.8) is 0 Å². The number of fused-ring (bicyclic) bond motifs is 3. The van der Waals surface area contributed by atoms with Crippen molar-refractivity contribution in [3.05, 3.63) is 138 Å². The van der Waals surface area contributed by atoms with Crippen molar-refractivity contribution in [2.75, 3.05) is 112 Å². The number of benzene rings is 3. The Morgan fingerprint density at radius 3 is 0.912 bits per heavy atom. The Kier molecular flexibility index (Phi) is 38.3. The number of aromatic nitrogens is 12. The lowest BCUT2D eigenvalue weighted by molar-refractivity contribution is -0.162. The number of esters is 4. The Morgan fingerprint density at radius 1 is 0.416 bits per heavy atom. The van der Waals surface area contributed by atoms with Crippen LogP contribution in [0.15, 0.2) is 87.2 Å². The summed E-state index contributed by atoms with van der Waals surface area (Å²) in [6, 6.07) is 21.7. The highest BCUT2D eigenvalue weighted by Crippen LogP contribution is 2.52. The normalized spacial score (nSPS) is 13.0. The van der Waals surface area contributed by atoms with E-state index >= 15 is 0 Å². The van der Waals surface area contributed by atoms with Gasteiger partial charge < -0.3 is 89.3 Å². The number of nitrogens with zero attached hydrogens (tertiary/aromatic N) is 10. The quantitative estimate of drug-likeness (QED) is 0.00584. The maximum Gasteiger partial charge on any atom is 0.340 e. The summed E-state index contributed by atoms with van der Waals surface area (Å²) in [5, 5.41) is 0. The van der Waals surface area contributed by atoms with Crippen LogP contribution in [0.5, 0.6) is 18.0 Å². The van der Waals surface area contributed by atoms with Gasteiger partial charge in [0.25, 0.3) is 0 Å². The first-order valence-corrected chi connectivity index (χ1v) is 44.8. The number of hydrogen-bond donors (Lipinski definition) is 8. The van der Waals surface area contributed by atoms with E-state index in [1.165, 1.54) is 35.0 Å². The molecular weight excluding hydrogens is 1690 g/mol. The molecule has 2 atom stereocenters. The summed E-state index contributed by atoms with van der Waals surface area (Å²) in [7, 11) is -7.64. The molecule has 0 aliphatic carbocycles. The molecule has 11 N–H and O–H groups in total. The van der Waals surface area contributed by atoms with E-state index in [4.69, 9.17) is 82.7 Å². The monoisotopic (exact) mass is 1810 g/mol. The summed E-state index contributed by atoms with van der Waals surface area (Å²) in [5.41, 5.74) is 18.4. The highest BCUT2D eigenvalue weighted by molar-refractivity contribution is 7.53. The minimum absolute atomic E-state index is 0.00378. The van der Waals surface area contributed by atoms with Crippen molar-refractivity contribution >= 4 is 97.6 Å². The van der Waals surface area contributed by atoms with Crippen LogP contribution < -0.4 is 48.5 Å². The number of carbonyl (C=O) groups is 4. The minimum Gasteiger partial charge on any atom is -0.461 e. The number of rotatable bonds is 39. The second-order valence-corrected chi connectivity index (χ2v) is 38.6. The number of nitrogen functional groups attached to an aromatic ring is 3. The summed E-state index contributed by atoms with van der Waals surface area (Å²) >= 11 is 0. The van der Waals surface area contributed by atoms with Crippen LogP contribution in [0.1, 0.15) is 151 Å². The third-order valence-corrected chi connectivity index (χ3v) is 21.8. The lowest BCUT2D eigenvalue weighted by Crippen LogP contribution is -2.36. The van der Waals surface area contributed by atoms with Crippen LogP contribution in [0.2, 0.25) is 0 Å². The third-order valence-electron chi connectivity index (χ3n) is 17.5. The number of nitrogens with two attached hydrogens (primary N) is 3. The zero-order chi connectivity index (χ0) is 93.2. The molecule has 2 unspecified atom stereocenters. The fourth-order valence-electron chi connectivity index (χ4n) is 11.1. The molecule has 0 amide bonds. The van der Waals surface area contributed by atoms with Gasteiger partial charge in [-0.05, 0) is 151 Å². The fraction of sp³-hybridized carbons (Fsp3) is 0.537. The summed E-state index contributed by atoms with van der Waals surface area (Å²) in [6.07, 6.45) is -0.886. The standard InChI is InChI=1S/C28H40N5O10P.2C22H30N5O8P.C8H19N/c1-27(2,3)23(34)40-16-42-44(37,43-17-41-24(35)28(4,5)6)15-19-10-8-9-18(13-19)14-33-22-20(30-26(33)36)21(29)31-25(32-22)39-12-11-38-7;2*1-22(2,3)19(28)34-13-35-36(30,31)12-15-7-5-6-14(10-15)11-27-18-16(24-21(27)29)17(23)25-20(26-18)33-9-8-32-4;1-6-9(7(2)3)8(4)5/h8-10,13H,11-12,14-17H2,1-7H3,(H,30,36)(H2,29,31,32);2*5-7,10H,8-9,11-13H2,1-4H3,(H,24,29)(H,30,31)(H2,23,25,26);7-8H,6H2,1-5H3. The first kappa shape index (κ1) is 103. The van der Waals surface area contributed by atoms with E-state index in [2.05, 4.69) is 84.4 Å². The Bertz CT molecular complexity index is 5200. The molecule has 0 aliphatic rings. The van der Waals surface area contributed by atoms with Gasteiger partial charge in [-0.3, -0.25) is 69.6 Å². The van der Waals surface area contributed by atoms with Crippen LogP contribution >= 0.6 is 22.8 Å². The van der Waals surface area contributed by atoms with Gasteiger partial charge in [-0.15, -0.1) is 0 Å². The molecule has 0 radical (unpaired) electrons. The zero-order valence-electron chi connectivity index (χ0n) is 74.3. The third kappa shape index (κ3) is 32.9. The van der Waals surface area contributed by atoms with Crippen molar-refractivity contribution < 1.29 is 108 Å². The number of aromatic amines is 3. The highest BCUT2D eigenvalue weighted by Gasteiger charge is 2.33. The van der Waals surface area contributed by atoms with Gasteiger partial charge >= 0.3 is 81.8 Å². The van der Waals surface area contributed by atoms with Crippen molar-refractivity contribution in [1.82, 2.24) is 63.5 Å². The minimum atomic E-state index is -4.10. The lowest BCUT2D eigenvalue weighted by Gasteiger charge is -2.28. The van der Waals surface area contributed by atoms with Gasteiger partial charge in [-0.25, -0.2) is 14.4 Å². The Hall–Kier alpha value is -10.3. The average molecular weight is 1810 g/mol. The average Bonchev–Trinajstić information content (AvgIpc) is 1.65. The van der Waals surface area contributed by atoms with E-state index in [0.29, 0.717) is 65.3 Å². The van der Waals surface area contributed by atoms with Crippen LogP contribution in [0, 0.1) is 21.7 Å². The second-order valence-electron chi connectivity index (χ2n) is 32.9. The molecular formula is C80H119N16O26P3. The number of hydrogen-bond acceptors (Lipinski definition) is 34. The van der Waals surface area contributed by atoms with Crippen molar-refractivity contribution in [2.24, 2.45) is 21.7 Å². The summed E-state index contributed by atoms with van der Waals surface area (Å²) in [4.78, 5) is 142. The van der Waals surface area contributed by atoms with Gasteiger partial charge in [0.1, 0.15) is 36.4 Å². The van der Waals surface area contributed by atoms with E-state index in [9.17, 15) is 57.0 Å². The predicted octanol–water partition coefficient (Wildman–Crippen LogP) is 9.77. The zero-order valence-corrected chi connectivity index (χ0v) is 77.0. The maximum absolute atomic E-state index is 13.7. The number of H-pyrrole nitrogens is 3. The van der Waals surface area contributed by atoms with Gasteiger partial charge in [0.15, 0.2) is 34.4 Å². The Morgan fingerprint density at radius 2 is 0.672 bits per heavy atom. The molecule has 45 heteroatoms. The van der Waals surface area contributed by atoms with E-state index < -0.39 is 113 Å². The fourth-order valence-corrected chi connectivity index (χ4v) is 14.4. The smallest absolute Gasteiger partial charge is 0.340 e. The highest BCUT2D eigenvalue weighted by atomic mass is 31.2. The molecule has 0 saturated heterocycles. The topological polar surface area (TPSA) is 561 Å². The molecule has 125 heavy (non-hydrogen) atoms. The first-order valence-electron chi connectivity index (χ1n) is 39.5. The van der Waals surface area contributed by atoms with Crippen LogP contribution in [0.3, 0.4) is 0 Å². The van der Waals surface area contributed by atoms with Crippen molar-refractivity contribution in [2.45, 2.75) is 168 Å². The van der Waals surface area contributed by atoms with Crippen LogP contribution in [-0.4, -0.2) is 204 Å². The van der Waals surface area contributed by atoms with E-state index in [1.54, 1.807) is 156 Å². The molecule has 3 aromatic carbocycles. The number of anilines is 3. The van der Waals surface area contributed by atoms with Crippen LogP contribution in [-0.2, 0) is 122 Å². The first-order chi connectivity index (χ1) is 58.4. The Balaban J connectivity index is 0.000000277. The van der Waals surface area contributed by atoms with Crippen LogP contribution in [0.25, 0.3) is 33.5 Å². The summed E-state index contributed by atoms with van der Waals surface area (Å²) in [6.45, 7) is 31.6. The Labute approximate surface area is 723 Å². The number of methoxy groups -OCH3 is 3. The molecule has 42 nitrogen and oxygen atoms in total. The van der Waals surface area contributed by atoms with E-state index in [-0.39, 0.29) is 127 Å². The maximum atomic E-state index is 13.7. The number of carbonyl (C=O) groups excluding carboxylic acids is 4. The lowest BCUT2D eigenvalue weighted by atomic mass is 9.98. The largest absolute Gasteiger partial charge is 0.461 e. The summed E-state index contributed by atoms with van der Waals surface area (Å²) in [5.74, 6) is -2.07. The molecule has 9 rings (SSSR count). The summed E-state index contributed by atoms with van der Waals surface area (Å²) < 4.78 is 115. The van der Waals surface area contributed by atoms with Crippen LogP contribution in [0.4, 0.5) is 17.5 Å². The van der Waals surface area contributed by atoms with E-state index in [1.807, 2.05) is 0 Å². The molecule has 0 spiro atoms. The van der Waals surface area contributed by atoms with Gasteiger partial charge in [0.2, 0.25) is 27.2 Å².